The minimum atomic E-state index is -0.379. The van der Waals surface area contributed by atoms with E-state index in [4.69, 9.17) is 0 Å². The molecule has 3 rings (SSSR count). The Labute approximate surface area is 148 Å². The number of nitrogens with zero attached hydrogens (tertiary/aromatic N) is 2. The average Bonchev–Trinajstić information content (AvgIpc) is 2.79. The Bertz CT molecular complexity index is 820. The molecule has 6 heteroatoms. The molecule has 0 saturated carbocycles. The van der Waals surface area contributed by atoms with Gasteiger partial charge in [0.1, 0.15) is 6.67 Å². The topological polar surface area (TPSA) is 57.7 Å². The van der Waals surface area contributed by atoms with Gasteiger partial charge in [0, 0.05) is 17.9 Å². The number of hydrogen-bond acceptors (Lipinski definition) is 3. The van der Waals surface area contributed by atoms with Crippen molar-refractivity contribution in [2.45, 2.75) is 13.5 Å². The van der Waals surface area contributed by atoms with Gasteiger partial charge < -0.3 is 4.90 Å². The Balaban J connectivity index is 1.82. The lowest BCUT2D eigenvalue weighted by Gasteiger charge is -2.26. The highest BCUT2D eigenvalue weighted by Crippen LogP contribution is 2.26. The van der Waals surface area contributed by atoms with E-state index >= 15 is 0 Å². The lowest BCUT2D eigenvalue weighted by Crippen LogP contribution is -2.42. The van der Waals surface area contributed by atoms with Crippen LogP contribution >= 0.6 is 15.9 Å². The number of carbonyl (C=O) groups is 3. The lowest BCUT2D eigenvalue weighted by atomic mass is 10.1. The zero-order chi connectivity index (χ0) is 17.3. The van der Waals surface area contributed by atoms with E-state index < -0.39 is 0 Å². The van der Waals surface area contributed by atoms with E-state index in [0.29, 0.717) is 17.7 Å². The quantitative estimate of drug-likeness (QED) is 0.758. The van der Waals surface area contributed by atoms with Gasteiger partial charge in [-0.2, -0.15) is 0 Å². The number of carbonyl (C=O) groups excluding carboxylic acids is 3. The first kappa shape index (κ1) is 16.4. The van der Waals surface area contributed by atoms with Crippen LogP contribution in [0.25, 0.3) is 0 Å². The van der Waals surface area contributed by atoms with Gasteiger partial charge in [-0.05, 0) is 23.8 Å². The maximum absolute atomic E-state index is 12.5. The third-order valence-corrected chi connectivity index (χ3v) is 4.40. The molecule has 0 bridgehead atoms. The Morgan fingerprint density at radius 2 is 1.71 bits per heavy atom. The summed E-state index contributed by atoms with van der Waals surface area (Å²) in [6, 6.07) is 14.4. The molecular weight excluding hydrogens is 372 g/mol. The number of fused-ring (bicyclic) bond motifs is 1. The third-order valence-electron chi connectivity index (χ3n) is 3.91. The van der Waals surface area contributed by atoms with Crippen molar-refractivity contribution in [1.82, 2.24) is 9.80 Å². The van der Waals surface area contributed by atoms with Crippen LogP contribution in [0.5, 0.6) is 0 Å². The standard InChI is InChI=1S/C18H15BrN2O3/c1-12(22)20(10-13-5-3-2-4-6-13)11-21-17(23)15-8-7-14(19)9-16(15)18(21)24/h2-9H,10-11H2,1H3. The molecule has 1 aliphatic heterocycles. The molecule has 0 spiro atoms. The van der Waals surface area contributed by atoms with Crippen molar-refractivity contribution >= 4 is 33.7 Å². The van der Waals surface area contributed by atoms with Gasteiger partial charge in [0.2, 0.25) is 5.91 Å². The van der Waals surface area contributed by atoms with Crippen LogP contribution < -0.4 is 0 Å². The van der Waals surface area contributed by atoms with Crippen molar-refractivity contribution < 1.29 is 14.4 Å². The summed E-state index contributed by atoms with van der Waals surface area (Å²) in [7, 11) is 0. The molecule has 0 atom stereocenters. The lowest BCUT2D eigenvalue weighted by molar-refractivity contribution is -0.130. The number of amides is 3. The van der Waals surface area contributed by atoms with Crippen LogP contribution in [0.4, 0.5) is 0 Å². The average molecular weight is 387 g/mol. The van der Waals surface area contributed by atoms with Crippen LogP contribution in [-0.4, -0.2) is 34.2 Å². The summed E-state index contributed by atoms with van der Waals surface area (Å²) in [6.45, 7) is 1.71. The molecular formula is C18H15BrN2O3. The molecule has 0 N–H and O–H groups in total. The van der Waals surface area contributed by atoms with Gasteiger partial charge in [-0.15, -0.1) is 0 Å². The minimum Gasteiger partial charge on any atom is -0.320 e. The maximum Gasteiger partial charge on any atom is 0.263 e. The van der Waals surface area contributed by atoms with Crippen LogP contribution in [-0.2, 0) is 11.3 Å². The summed E-state index contributed by atoms with van der Waals surface area (Å²) >= 11 is 3.30. The Hall–Kier alpha value is -2.47. The normalized spacial score (nSPS) is 13.2. The monoisotopic (exact) mass is 386 g/mol. The molecule has 122 valence electrons. The van der Waals surface area contributed by atoms with E-state index in [1.807, 2.05) is 30.3 Å². The summed E-state index contributed by atoms with van der Waals surface area (Å²) in [6.07, 6.45) is 0. The molecule has 2 aromatic rings. The molecule has 3 amide bonds. The molecule has 1 aliphatic rings. The minimum absolute atomic E-state index is 0.0613. The summed E-state index contributed by atoms with van der Waals surface area (Å²) in [5.41, 5.74) is 1.66. The van der Waals surface area contributed by atoms with Crippen LogP contribution in [0, 0.1) is 0 Å². The van der Waals surface area contributed by atoms with Gasteiger partial charge >= 0.3 is 0 Å². The fourth-order valence-corrected chi connectivity index (χ4v) is 2.99. The van der Waals surface area contributed by atoms with E-state index in [1.165, 1.54) is 11.8 Å². The predicted molar refractivity (Wildman–Crippen MR) is 92.2 cm³/mol. The number of hydrogen-bond donors (Lipinski definition) is 0. The maximum atomic E-state index is 12.5. The van der Waals surface area contributed by atoms with Crippen molar-refractivity contribution in [1.29, 1.82) is 0 Å². The Kier molecular flexibility index (Phi) is 4.49. The third kappa shape index (κ3) is 3.10. The van der Waals surface area contributed by atoms with Crippen LogP contribution in [0.1, 0.15) is 33.2 Å². The zero-order valence-corrected chi connectivity index (χ0v) is 14.6. The molecule has 0 unspecified atom stereocenters. The number of rotatable bonds is 4. The van der Waals surface area contributed by atoms with Gasteiger partial charge in [0.05, 0.1) is 11.1 Å². The number of benzene rings is 2. The molecule has 0 saturated heterocycles. The second kappa shape index (κ2) is 6.57. The van der Waals surface area contributed by atoms with Crippen LogP contribution in [0.3, 0.4) is 0 Å². The van der Waals surface area contributed by atoms with Crippen molar-refractivity contribution in [3.05, 3.63) is 69.7 Å². The van der Waals surface area contributed by atoms with E-state index in [0.717, 1.165) is 14.9 Å². The fraction of sp³-hybridized carbons (Fsp3) is 0.167. The summed E-state index contributed by atoms with van der Waals surface area (Å²) < 4.78 is 0.733. The fourth-order valence-electron chi connectivity index (χ4n) is 2.63. The molecule has 24 heavy (non-hydrogen) atoms. The van der Waals surface area contributed by atoms with E-state index in [9.17, 15) is 14.4 Å². The smallest absolute Gasteiger partial charge is 0.263 e. The summed E-state index contributed by atoms with van der Waals surface area (Å²) in [5.74, 6) is -0.950. The highest BCUT2D eigenvalue weighted by molar-refractivity contribution is 9.10. The number of imide groups is 1. The van der Waals surface area contributed by atoms with Crippen molar-refractivity contribution in [3.63, 3.8) is 0 Å². The second-order valence-electron chi connectivity index (χ2n) is 5.57. The van der Waals surface area contributed by atoms with Crippen molar-refractivity contribution in [2.75, 3.05) is 6.67 Å². The number of halogens is 1. The van der Waals surface area contributed by atoms with Gasteiger partial charge in [0.15, 0.2) is 0 Å². The molecule has 0 radical (unpaired) electrons. The first-order valence-corrected chi connectivity index (χ1v) is 8.22. The highest BCUT2D eigenvalue weighted by Gasteiger charge is 2.36. The van der Waals surface area contributed by atoms with Gasteiger partial charge in [0.25, 0.3) is 11.8 Å². The van der Waals surface area contributed by atoms with Gasteiger partial charge in [-0.1, -0.05) is 46.3 Å². The first-order chi connectivity index (χ1) is 11.5. The predicted octanol–water partition coefficient (Wildman–Crippen LogP) is 3.05. The Morgan fingerprint density at radius 3 is 2.38 bits per heavy atom. The van der Waals surface area contributed by atoms with Crippen molar-refractivity contribution in [2.24, 2.45) is 0 Å². The van der Waals surface area contributed by atoms with Gasteiger partial charge in [-0.25, -0.2) is 0 Å². The summed E-state index contributed by atoms with van der Waals surface area (Å²) in [5, 5.41) is 0. The molecule has 5 nitrogen and oxygen atoms in total. The Morgan fingerprint density at radius 1 is 1.04 bits per heavy atom. The van der Waals surface area contributed by atoms with E-state index in [-0.39, 0.29) is 24.4 Å². The molecule has 0 aromatic heterocycles. The van der Waals surface area contributed by atoms with Crippen molar-refractivity contribution in [3.8, 4) is 0 Å². The van der Waals surface area contributed by atoms with Gasteiger partial charge in [-0.3, -0.25) is 19.3 Å². The molecule has 2 aromatic carbocycles. The van der Waals surface area contributed by atoms with E-state index in [1.54, 1.807) is 18.2 Å². The summed E-state index contributed by atoms with van der Waals surface area (Å²) in [4.78, 5) is 39.5. The zero-order valence-electron chi connectivity index (χ0n) is 13.0. The largest absolute Gasteiger partial charge is 0.320 e. The van der Waals surface area contributed by atoms with Crippen LogP contribution in [0.15, 0.2) is 53.0 Å². The molecule has 0 aliphatic carbocycles. The second-order valence-corrected chi connectivity index (χ2v) is 6.49. The molecule has 1 heterocycles. The SMILES string of the molecule is CC(=O)N(Cc1ccccc1)CN1C(=O)c2ccc(Br)cc2C1=O. The van der Waals surface area contributed by atoms with Crippen LogP contribution in [0.2, 0.25) is 0 Å². The van der Waals surface area contributed by atoms with E-state index in [2.05, 4.69) is 15.9 Å². The molecule has 0 fully saturated rings. The highest BCUT2D eigenvalue weighted by atomic mass is 79.9. The first-order valence-electron chi connectivity index (χ1n) is 7.42.